The lowest BCUT2D eigenvalue weighted by molar-refractivity contribution is -0.231. The van der Waals surface area contributed by atoms with Gasteiger partial charge in [0, 0.05) is 0 Å². The van der Waals surface area contributed by atoms with E-state index < -0.39 is 0 Å². The smallest absolute Gasteiger partial charge is 0.0694 e. The SMILES string of the molecule is CC1(C)CC[C@H]2C(C)(C)CCC[C@@]2(C)O1. The van der Waals surface area contributed by atoms with Crippen molar-refractivity contribution < 1.29 is 4.74 Å². The second kappa shape index (κ2) is 3.23. The average molecular weight is 210 g/mol. The molecule has 88 valence electrons. The van der Waals surface area contributed by atoms with Gasteiger partial charge in [0.05, 0.1) is 11.2 Å². The Labute approximate surface area is 94.6 Å². The molecule has 0 radical (unpaired) electrons. The highest BCUT2D eigenvalue weighted by Crippen LogP contribution is 2.54. The summed E-state index contributed by atoms with van der Waals surface area (Å²) < 4.78 is 6.40. The van der Waals surface area contributed by atoms with Crippen LogP contribution in [0.25, 0.3) is 0 Å². The Kier molecular flexibility index (Phi) is 2.46. The van der Waals surface area contributed by atoms with E-state index in [4.69, 9.17) is 4.74 Å². The summed E-state index contributed by atoms with van der Waals surface area (Å²) in [6.07, 6.45) is 6.52. The van der Waals surface area contributed by atoms with Crippen LogP contribution in [-0.2, 0) is 4.74 Å². The van der Waals surface area contributed by atoms with Crippen molar-refractivity contribution in [1.82, 2.24) is 0 Å². The van der Waals surface area contributed by atoms with E-state index in [0.717, 1.165) is 5.92 Å². The van der Waals surface area contributed by atoms with Gasteiger partial charge >= 0.3 is 0 Å². The van der Waals surface area contributed by atoms with Crippen LogP contribution in [0.1, 0.15) is 66.7 Å². The largest absolute Gasteiger partial charge is 0.369 e. The van der Waals surface area contributed by atoms with Crippen LogP contribution in [0.15, 0.2) is 0 Å². The van der Waals surface area contributed by atoms with Crippen LogP contribution in [0.4, 0.5) is 0 Å². The zero-order valence-electron chi connectivity index (χ0n) is 11.0. The van der Waals surface area contributed by atoms with Gasteiger partial charge < -0.3 is 4.74 Å². The minimum atomic E-state index is 0.0959. The van der Waals surface area contributed by atoms with Crippen molar-refractivity contribution in [3.8, 4) is 0 Å². The second-order valence-corrected chi connectivity index (χ2v) is 7.11. The fraction of sp³-hybridized carbons (Fsp3) is 1.00. The van der Waals surface area contributed by atoms with Crippen molar-refractivity contribution in [3.63, 3.8) is 0 Å². The Balaban J connectivity index is 2.24. The van der Waals surface area contributed by atoms with Crippen LogP contribution in [0.5, 0.6) is 0 Å². The standard InChI is InChI=1S/C14H26O/c1-12(2)8-6-9-14(5)11(12)7-10-13(3,4)15-14/h11H,6-10H2,1-5H3/t11-,14+/m0/s1. The number of fused-ring (bicyclic) bond motifs is 1. The average Bonchev–Trinajstić information content (AvgIpc) is 1.98. The first-order valence-electron chi connectivity index (χ1n) is 6.45. The van der Waals surface area contributed by atoms with Gasteiger partial charge in [-0.2, -0.15) is 0 Å². The first-order chi connectivity index (χ1) is 6.75. The van der Waals surface area contributed by atoms with E-state index in [1.807, 2.05) is 0 Å². The van der Waals surface area contributed by atoms with E-state index in [9.17, 15) is 0 Å². The molecule has 0 bridgehead atoms. The molecule has 1 nitrogen and oxygen atoms in total. The van der Waals surface area contributed by atoms with Gasteiger partial charge in [0.15, 0.2) is 0 Å². The molecule has 1 saturated heterocycles. The first-order valence-corrected chi connectivity index (χ1v) is 6.45. The summed E-state index contributed by atoms with van der Waals surface area (Å²) in [6.45, 7) is 11.7. The summed E-state index contributed by atoms with van der Waals surface area (Å²) in [5, 5.41) is 0. The molecular weight excluding hydrogens is 184 g/mol. The third-order valence-corrected chi connectivity index (χ3v) is 4.72. The summed E-state index contributed by atoms with van der Waals surface area (Å²) in [7, 11) is 0. The molecule has 2 rings (SSSR count). The minimum Gasteiger partial charge on any atom is -0.369 e. The van der Waals surface area contributed by atoms with Crippen molar-refractivity contribution in [2.75, 3.05) is 0 Å². The molecule has 1 heteroatoms. The van der Waals surface area contributed by atoms with E-state index in [2.05, 4.69) is 34.6 Å². The summed E-state index contributed by atoms with van der Waals surface area (Å²) >= 11 is 0. The van der Waals surface area contributed by atoms with E-state index in [1.165, 1.54) is 32.1 Å². The quantitative estimate of drug-likeness (QED) is 0.583. The van der Waals surface area contributed by atoms with Crippen LogP contribution >= 0.6 is 0 Å². The highest BCUT2D eigenvalue weighted by atomic mass is 16.5. The fourth-order valence-electron chi connectivity index (χ4n) is 4.06. The molecule has 0 N–H and O–H groups in total. The van der Waals surface area contributed by atoms with Crippen LogP contribution in [0.2, 0.25) is 0 Å². The van der Waals surface area contributed by atoms with Crippen molar-refractivity contribution >= 4 is 0 Å². The molecule has 2 aliphatic rings. The van der Waals surface area contributed by atoms with E-state index in [-0.39, 0.29) is 11.2 Å². The zero-order valence-corrected chi connectivity index (χ0v) is 11.0. The highest BCUT2D eigenvalue weighted by molar-refractivity contribution is 5.01. The molecule has 1 aliphatic heterocycles. The molecule has 0 aromatic carbocycles. The van der Waals surface area contributed by atoms with Gasteiger partial charge in [-0.1, -0.05) is 20.3 Å². The van der Waals surface area contributed by atoms with Gasteiger partial charge in [-0.05, 0) is 57.8 Å². The lowest BCUT2D eigenvalue weighted by Gasteiger charge is -2.57. The fourth-order valence-corrected chi connectivity index (χ4v) is 4.06. The molecule has 2 atom stereocenters. The van der Waals surface area contributed by atoms with E-state index >= 15 is 0 Å². The molecule has 0 aromatic rings. The first kappa shape index (κ1) is 11.4. The third kappa shape index (κ3) is 1.95. The van der Waals surface area contributed by atoms with Gasteiger partial charge in [0.25, 0.3) is 0 Å². The normalized spacial score (nSPS) is 43.4. The summed E-state index contributed by atoms with van der Waals surface area (Å²) in [4.78, 5) is 0. The molecular formula is C14H26O. The number of rotatable bonds is 0. The Morgan fingerprint density at radius 3 is 2.27 bits per heavy atom. The second-order valence-electron chi connectivity index (χ2n) is 7.11. The van der Waals surface area contributed by atoms with Crippen molar-refractivity contribution in [3.05, 3.63) is 0 Å². The summed E-state index contributed by atoms with van der Waals surface area (Å²) in [5.41, 5.74) is 0.714. The maximum Gasteiger partial charge on any atom is 0.0694 e. The zero-order chi connectivity index (χ0) is 11.3. The molecule has 0 unspecified atom stereocenters. The maximum absolute atomic E-state index is 6.40. The summed E-state index contributed by atoms with van der Waals surface area (Å²) in [6, 6.07) is 0. The molecule has 2 fully saturated rings. The molecule has 0 aromatic heterocycles. The molecule has 1 saturated carbocycles. The maximum atomic E-state index is 6.40. The number of hydrogen-bond acceptors (Lipinski definition) is 1. The predicted octanol–water partition coefficient (Wildman–Crippen LogP) is 4.16. The molecule has 0 amide bonds. The van der Waals surface area contributed by atoms with Gasteiger partial charge in [-0.25, -0.2) is 0 Å². The Bertz CT molecular complexity index is 254. The van der Waals surface area contributed by atoms with Gasteiger partial charge in [0.1, 0.15) is 0 Å². The van der Waals surface area contributed by atoms with Crippen LogP contribution in [-0.4, -0.2) is 11.2 Å². The van der Waals surface area contributed by atoms with Crippen LogP contribution < -0.4 is 0 Å². The van der Waals surface area contributed by atoms with Crippen LogP contribution in [0, 0.1) is 11.3 Å². The van der Waals surface area contributed by atoms with E-state index in [0.29, 0.717) is 5.41 Å². The minimum absolute atomic E-state index is 0.0959. The lowest BCUT2D eigenvalue weighted by Crippen LogP contribution is -2.56. The highest BCUT2D eigenvalue weighted by Gasteiger charge is 2.52. The molecule has 1 heterocycles. The molecule has 0 spiro atoms. The van der Waals surface area contributed by atoms with E-state index in [1.54, 1.807) is 0 Å². The van der Waals surface area contributed by atoms with Crippen molar-refractivity contribution in [2.24, 2.45) is 11.3 Å². The topological polar surface area (TPSA) is 9.23 Å². The number of ether oxygens (including phenoxy) is 1. The van der Waals surface area contributed by atoms with Crippen LogP contribution in [0.3, 0.4) is 0 Å². The Hall–Kier alpha value is -0.0400. The van der Waals surface area contributed by atoms with Gasteiger partial charge in [-0.3, -0.25) is 0 Å². The molecule has 15 heavy (non-hydrogen) atoms. The third-order valence-electron chi connectivity index (χ3n) is 4.72. The van der Waals surface area contributed by atoms with Crippen molar-refractivity contribution in [2.45, 2.75) is 77.9 Å². The predicted molar refractivity (Wildman–Crippen MR) is 63.9 cm³/mol. The van der Waals surface area contributed by atoms with Gasteiger partial charge in [0.2, 0.25) is 0 Å². The Morgan fingerprint density at radius 2 is 1.60 bits per heavy atom. The van der Waals surface area contributed by atoms with Crippen molar-refractivity contribution in [1.29, 1.82) is 0 Å². The van der Waals surface area contributed by atoms with Gasteiger partial charge in [-0.15, -0.1) is 0 Å². The Morgan fingerprint density at radius 1 is 0.933 bits per heavy atom. The number of hydrogen-bond donors (Lipinski definition) is 0. The lowest BCUT2D eigenvalue weighted by atomic mass is 9.58. The monoisotopic (exact) mass is 210 g/mol. The molecule has 1 aliphatic carbocycles. The summed E-state index contributed by atoms with van der Waals surface area (Å²) in [5.74, 6) is 0.756.